The zero-order chi connectivity index (χ0) is 25.8. The maximum Gasteiger partial charge on any atom is 0.255 e. The topological polar surface area (TPSA) is 109 Å². The maximum absolute atomic E-state index is 12.7. The van der Waals surface area contributed by atoms with E-state index in [1.165, 1.54) is 11.3 Å². The van der Waals surface area contributed by atoms with Crippen LogP contribution in [-0.4, -0.2) is 23.7 Å². The van der Waals surface area contributed by atoms with E-state index in [0.29, 0.717) is 27.8 Å². The van der Waals surface area contributed by atoms with Crippen molar-refractivity contribution in [2.24, 2.45) is 0 Å². The molecule has 0 aliphatic carbocycles. The number of allylic oxidation sites excluding steroid dienone is 6. The molecule has 1 heterocycles. The van der Waals surface area contributed by atoms with Crippen LogP contribution in [0.15, 0.2) is 78.2 Å². The Bertz CT molecular complexity index is 1260. The number of nitrogens with two attached hydrogens (primary N) is 1. The summed E-state index contributed by atoms with van der Waals surface area (Å²) in [5.74, 6) is -0.248. The van der Waals surface area contributed by atoms with Crippen LogP contribution in [0, 0.1) is 0 Å². The fourth-order valence-corrected chi connectivity index (χ4v) is 3.96. The predicted molar refractivity (Wildman–Crippen MR) is 152 cm³/mol. The van der Waals surface area contributed by atoms with E-state index in [9.17, 15) is 9.59 Å². The molecule has 0 unspecified atom stereocenters. The lowest BCUT2D eigenvalue weighted by Crippen LogP contribution is -2.12. The van der Waals surface area contributed by atoms with Crippen LogP contribution >= 0.6 is 11.3 Å². The Balaban J connectivity index is 1.72. The van der Waals surface area contributed by atoms with Gasteiger partial charge in [0.25, 0.3) is 5.91 Å². The molecule has 0 atom stereocenters. The molecule has 1 aromatic heterocycles. The maximum atomic E-state index is 12.7. The van der Waals surface area contributed by atoms with E-state index in [2.05, 4.69) is 35.0 Å². The Hall–Kier alpha value is -4.17. The van der Waals surface area contributed by atoms with Gasteiger partial charge in [-0.3, -0.25) is 4.79 Å². The molecule has 0 spiro atoms. The molecular weight excluding hydrogens is 470 g/mol. The highest BCUT2D eigenvalue weighted by molar-refractivity contribution is 7.13. The summed E-state index contributed by atoms with van der Waals surface area (Å²) in [6, 6.07) is 12.2. The van der Waals surface area contributed by atoms with Gasteiger partial charge < -0.3 is 26.5 Å². The van der Waals surface area contributed by atoms with Gasteiger partial charge in [-0.05, 0) is 55.8 Å². The lowest BCUT2D eigenvalue weighted by molar-refractivity contribution is -0.106. The highest BCUT2D eigenvalue weighted by Crippen LogP contribution is 2.30. The molecule has 7 nitrogen and oxygen atoms in total. The van der Waals surface area contributed by atoms with E-state index in [1.807, 2.05) is 30.5 Å². The summed E-state index contributed by atoms with van der Waals surface area (Å²) >= 11 is 1.49. The molecule has 2 aromatic carbocycles. The van der Waals surface area contributed by atoms with Crippen molar-refractivity contribution >= 4 is 57.0 Å². The molecule has 0 bridgehead atoms. The number of aldehydes is 1. The van der Waals surface area contributed by atoms with Gasteiger partial charge in [0.2, 0.25) is 0 Å². The molecule has 0 saturated heterocycles. The van der Waals surface area contributed by atoms with Crippen LogP contribution in [-0.2, 0) is 4.79 Å². The number of nitrogens with zero attached hydrogens (tertiary/aromatic N) is 1. The molecule has 5 N–H and O–H groups in total. The number of aromatic nitrogens is 1. The molecule has 0 saturated carbocycles. The molecule has 0 aliphatic rings. The third kappa shape index (κ3) is 7.68. The molecule has 0 radical (unpaired) electrons. The molecule has 3 rings (SSSR count). The smallest absolute Gasteiger partial charge is 0.255 e. The third-order valence-electron chi connectivity index (χ3n) is 5.11. The summed E-state index contributed by atoms with van der Waals surface area (Å²) in [7, 11) is 0. The van der Waals surface area contributed by atoms with E-state index in [4.69, 9.17) is 10.7 Å². The van der Waals surface area contributed by atoms with Gasteiger partial charge in [0.1, 0.15) is 6.29 Å². The first-order valence-corrected chi connectivity index (χ1v) is 12.6. The van der Waals surface area contributed by atoms with Crippen LogP contribution in [0.4, 0.5) is 27.9 Å². The molecule has 3 aromatic rings. The van der Waals surface area contributed by atoms with Crippen molar-refractivity contribution in [2.45, 2.75) is 26.7 Å². The Morgan fingerprint density at radius 2 is 1.92 bits per heavy atom. The van der Waals surface area contributed by atoms with Crippen LogP contribution in [0.25, 0.3) is 5.57 Å². The average Bonchev–Trinajstić information content (AvgIpc) is 3.35. The number of thiazole rings is 1. The number of carbonyl (C=O) groups is 2. The Morgan fingerprint density at radius 1 is 1.14 bits per heavy atom. The standard InChI is InChI=1S/C28H31N5O2S/c1-3-5-7-9-20(8-6-4-2)26-19-36-28(33-26)32-25-18-23(14-15-24(25)29)31-27(35)21-10-12-22(13-11-21)30-16-17-34/h4,6-15,17-19,30H,3,5,16,29H2,1-2H3,(H,31,35)(H,32,33)/b6-4-,9-7+,20-8+. The first-order chi connectivity index (χ1) is 17.5. The fourth-order valence-electron chi connectivity index (χ4n) is 3.23. The van der Waals surface area contributed by atoms with Crippen LogP contribution in [0.5, 0.6) is 0 Å². The summed E-state index contributed by atoms with van der Waals surface area (Å²) in [6.07, 6.45) is 13.2. The fraction of sp³-hybridized carbons (Fsp3) is 0.179. The van der Waals surface area contributed by atoms with Crippen LogP contribution < -0.4 is 21.7 Å². The van der Waals surface area contributed by atoms with Gasteiger partial charge in [-0.15, -0.1) is 11.3 Å². The number of anilines is 5. The van der Waals surface area contributed by atoms with E-state index in [-0.39, 0.29) is 12.5 Å². The number of nitrogen functional groups attached to an aromatic ring is 1. The van der Waals surface area contributed by atoms with Gasteiger partial charge in [-0.2, -0.15) is 0 Å². The predicted octanol–water partition coefficient (Wildman–Crippen LogP) is 6.65. The van der Waals surface area contributed by atoms with E-state index < -0.39 is 0 Å². The van der Waals surface area contributed by atoms with Crippen LogP contribution in [0.3, 0.4) is 0 Å². The number of benzene rings is 2. The summed E-state index contributed by atoms with van der Waals surface area (Å²) in [5.41, 5.74) is 11.2. The van der Waals surface area contributed by atoms with Gasteiger partial charge in [0.15, 0.2) is 5.13 Å². The van der Waals surface area contributed by atoms with Gasteiger partial charge in [0.05, 0.1) is 23.6 Å². The second kappa shape index (κ2) is 13.7. The summed E-state index contributed by atoms with van der Waals surface area (Å²) in [5, 5.41) is 11.8. The van der Waals surface area contributed by atoms with Crippen LogP contribution in [0.1, 0.15) is 42.7 Å². The minimum absolute atomic E-state index is 0.219. The quantitative estimate of drug-likeness (QED) is 0.126. The SMILES string of the molecule is C\C=C/C=C(\C=C\CCC)c1csc(Nc2cc(NC(=O)c3ccc(NCC=O)cc3)ccc2N)n1. The number of rotatable bonds is 12. The first-order valence-electron chi connectivity index (χ1n) is 11.7. The summed E-state index contributed by atoms with van der Waals surface area (Å²) < 4.78 is 0. The first kappa shape index (κ1) is 26.4. The zero-order valence-corrected chi connectivity index (χ0v) is 21.3. The van der Waals surface area contributed by atoms with Gasteiger partial charge in [-0.1, -0.05) is 43.7 Å². The van der Waals surface area contributed by atoms with Gasteiger partial charge in [0, 0.05) is 27.9 Å². The Labute approximate surface area is 215 Å². The molecule has 0 aliphatic heterocycles. The van der Waals surface area contributed by atoms with Crippen molar-refractivity contribution in [3.8, 4) is 0 Å². The van der Waals surface area contributed by atoms with E-state index in [1.54, 1.807) is 42.5 Å². The normalized spacial score (nSPS) is 11.7. The number of unbranched alkanes of at least 4 members (excludes halogenated alkanes) is 1. The monoisotopic (exact) mass is 501 g/mol. The van der Waals surface area contributed by atoms with E-state index >= 15 is 0 Å². The minimum atomic E-state index is -0.248. The van der Waals surface area contributed by atoms with E-state index in [0.717, 1.165) is 36.1 Å². The van der Waals surface area contributed by atoms with Crippen molar-refractivity contribution < 1.29 is 9.59 Å². The molecule has 1 amide bonds. The van der Waals surface area contributed by atoms with Crippen molar-refractivity contribution in [2.75, 3.05) is 28.2 Å². The molecule has 36 heavy (non-hydrogen) atoms. The molecule has 186 valence electrons. The number of hydrogen-bond acceptors (Lipinski definition) is 7. The average molecular weight is 502 g/mol. The van der Waals surface area contributed by atoms with Crippen molar-refractivity contribution in [3.63, 3.8) is 0 Å². The highest BCUT2D eigenvalue weighted by Gasteiger charge is 2.10. The largest absolute Gasteiger partial charge is 0.397 e. The molecular formula is C28H31N5O2S. The highest BCUT2D eigenvalue weighted by atomic mass is 32.1. The lowest BCUT2D eigenvalue weighted by Gasteiger charge is -2.11. The van der Waals surface area contributed by atoms with Gasteiger partial charge in [-0.25, -0.2) is 4.98 Å². The molecule has 8 heteroatoms. The third-order valence-corrected chi connectivity index (χ3v) is 5.87. The number of hydrogen-bond donors (Lipinski definition) is 4. The van der Waals surface area contributed by atoms with Crippen molar-refractivity contribution in [1.82, 2.24) is 4.98 Å². The van der Waals surface area contributed by atoms with Gasteiger partial charge >= 0.3 is 0 Å². The summed E-state index contributed by atoms with van der Waals surface area (Å²) in [4.78, 5) is 27.9. The number of amides is 1. The Kier molecular flexibility index (Phi) is 10.0. The second-order valence-electron chi connectivity index (χ2n) is 7.88. The van der Waals surface area contributed by atoms with Crippen LogP contribution in [0.2, 0.25) is 0 Å². The number of nitrogens with one attached hydrogen (secondary N) is 3. The number of carbonyl (C=O) groups excluding carboxylic acids is 2. The minimum Gasteiger partial charge on any atom is -0.397 e. The Morgan fingerprint density at radius 3 is 2.64 bits per heavy atom. The molecule has 0 fully saturated rings. The lowest BCUT2D eigenvalue weighted by atomic mass is 10.1. The summed E-state index contributed by atoms with van der Waals surface area (Å²) in [6.45, 7) is 4.35. The second-order valence-corrected chi connectivity index (χ2v) is 8.74. The zero-order valence-electron chi connectivity index (χ0n) is 20.5. The van der Waals surface area contributed by atoms with Crippen molar-refractivity contribution in [3.05, 3.63) is 89.5 Å². The van der Waals surface area contributed by atoms with Crippen molar-refractivity contribution in [1.29, 1.82) is 0 Å².